The van der Waals surface area contributed by atoms with Gasteiger partial charge in [-0.15, -0.1) is 0 Å². The summed E-state index contributed by atoms with van der Waals surface area (Å²) in [5.74, 6) is -4.05. The fraction of sp³-hybridized carbons (Fsp3) is 0.235. The lowest BCUT2D eigenvalue weighted by atomic mass is 10.1. The van der Waals surface area contributed by atoms with Crippen molar-refractivity contribution < 1.29 is 35.7 Å². The summed E-state index contributed by atoms with van der Waals surface area (Å²) in [5, 5.41) is 2.16. The highest BCUT2D eigenvalue weighted by atomic mass is 35.5. The molecule has 0 heterocycles. The first-order chi connectivity index (χ1) is 13.0. The molecule has 2 aromatic carbocycles. The van der Waals surface area contributed by atoms with E-state index < -0.39 is 50.3 Å². The van der Waals surface area contributed by atoms with Crippen molar-refractivity contribution in [3.8, 4) is 0 Å². The van der Waals surface area contributed by atoms with Gasteiger partial charge in [-0.2, -0.15) is 13.2 Å². The predicted molar refractivity (Wildman–Crippen MR) is 93.8 cm³/mol. The van der Waals surface area contributed by atoms with Gasteiger partial charge >= 0.3 is 12.1 Å². The van der Waals surface area contributed by atoms with Crippen LogP contribution in [-0.2, 0) is 22.1 Å². The number of rotatable bonds is 6. The molecule has 1 N–H and O–H groups in total. The number of esters is 1. The molecule has 0 aliphatic heterocycles. The Hall–Kier alpha value is -2.20. The first-order valence-corrected chi connectivity index (χ1v) is 9.26. The van der Waals surface area contributed by atoms with Gasteiger partial charge in [0.25, 0.3) is 0 Å². The maximum Gasteiger partial charge on any atom is 0.400 e. The Morgan fingerprint density at radius 1 is 1.21 bits per heavy atom. The molecule has 0 aliphatic carbocycles. The van der Waals surface area contributed by atoms with Crippen molar-refractivity contribution in [3.05, 3.63) is 58.1 Å². The fourth-order valence-corrected chi connectivity index (χ4v) is 3.65. The van der Waals surface area contributed by atoms with E-state index in [9.17, 15) is 31.0 Å². The Kier molecular flexibility index (Phi) is 7.00. The van der Waals surface area contributed by atoms with E-state index >= 15 is 0 Å². The fourth-order valence-electron chi connectivity index (χ4n) is 2.26. The number of carbonyl (C=O) groups excluding carboxylic acids is 1. The highest BCUT2D eigenvalue weighted by Crippen LogP contribution is 2.30. The highest BCUT2D eigenvalue weighted by Gasteiger charge is 2.32. The molecule has 1 unspecified atom stereocenters. The van der Waals surface area contributed by atoms with Gasteiger partial charge in [0, 0.05) is 6.54 Å². The van der Waals surface area contributed by atoms with E-state index in [1.807, 2.05) is 0 Å². The smallest absolute Gasteiger partial charge is 0.400 e. The first kappa shape index (κ1) is 22.1. The second-order valence-electron chi connectivity index (χ2n) is 5.51. The van der Waals surface area contributed by atoms with Gasteiger partial charge in [-0.25, -0.2) is 13.6 Å². The van der Waals surface area contributed by atoms with Gasteiger partial charge in [-0.05, 0) is 29.8 Å². The summed E-state index contributed by atoms with van der Waals surface area (Å²) in [4.78, 5) is 11.3. The van der Waals surface area contributed by atoms with Gasteiger partial charge in [0.1, 0.15) is 17.4 Å². The molecule has 152 valence electrons. The summed E-state index contributed by atoms with van der Waals surface area (Å²) in [6, 6.07) is 4.92. The quantitative estimate of drug-likeness (QED) is 0.522. The molecule has 0 aliphatic rings. The predicted octanol–water partition coefficient (Wildman–Crippen LogP) is 4.69. The highest BCUT2D eigenvalue weighted by molar-refractivity contribution is 7.85. The number of methoxy groups -OCH3 is 1. The van der Waals surface area contributed by atoms with Gasteiger partial charge in [0.15, 0.2) is 0 Å². The summed E-state index contributed by atoms with van der Waals surface area (Å²) < 4.78 is 81.3. The van der Waals surface area contributed by atoms with Gasteiger partial charge in [-0.3, -0.25) is 4.21 Å². The van der Waals surface area contributed by atoms with Crippen molar-refractivity contribution in [2.75, 3.05) is 18.2 Å². The van der Waals surface area contributed by atoms with Crippen LogP contribution in [-0.4, -0.2) is 29.2 Å². The number of nitrogens with one attached hydrogen (secondary N) is 1. The van der Waals surface area contributed by atoms with E-state index in [-0.39, 0.29) is 23.4 Å². The Morgan fingerprint density at radius 3 is 2.50 bits per heavy atom. The number of benzene rings is 2. The zero-order valence-electron chi connectivity index (χ0n) is 14.2. The van der Waals surface area contributed by atoms with Crippen LogP contribution in [0.15, 0.2) is 35.2 Å². The van der Waals surface area contributed by atoms with E-state index in [0.29, 0.717) is 0 Å². The van der Waals surface area contributed by atoms with Crippen LogP contribution in [0.1, 0.15) is 15.9 Å². The van der Waals surface area contributed by atoms with Gasteiger partial charge < -0.3 is 10.1 Å². The molecular weight excluding hydrogens is 429 g/mol. The minimum absolute atomic E-state index is 0.106. The lowest BCUT2D eigenvalue weighted by Gasteiger charge is -2.14. The summed E-state index contributed by atoms with van der Waals surface area (Å²) in [7, 11) is -1.43. The molecule has 0 fully saturated rings. The second kappa shape index (κ2) is 8.87. The normalized spacial score (nSPS) is 12.5. The maximum atomic E-state index is 14.1. The van der Waals surface area contributed by atoms with Crippen molar-refractivity contribution in [3.63, 3.8) is 0 Å². The van der Waals surface area contributed by atoms with Crippen LogP contribution in [0.4, 0.5) is 27.6 Å². The number of hydrogen-bond donors (Lipinski definition) is 1. The van der Waals surface area contributed by atoms with Crippen molar-refractivity contribution in [2.24, 2.45) is 0 Å². The average molecular weight is 442 g/mol. The first-order valence-electron chi connectivity index (χ1n) is 7.56. The SMILES string of the molecule is COC(=O)c1cc(F)ccc1CNc1cc(S(=O)CC(F)(F)F)c(Cl)cc1F. The number of anilines is 1. The van der Waals surface area contributed by atoms with Crippen molar-refractivity contribution in [1.82, 2.24) is 0 Å². The van der Waals surface area contributed by atoms with Crippen molar-refractivity contribution in [1.29, 1.82) is 0 Å². The van der Waals surface area contributed by atoms with Crippen LogP contribution in [0, 0.1) is 11.6 Å². The van der Waals surface area contributed by atoms with E-state index in [2.05, 4.69) is 10.1 Å². The third-order valence-electron chi connectivity index (χ3n) is 3.51. The third-order valence-corrected chi connectivity index (χ3v) is 5.35. The number of alkyl halides is 3. The molecular formula is C17H13ClF5NO3S. The number of halogens is 6. The molecule has 1 atom stereocenters. The molecule has 0 spiro atoms. The van der Waals surface area contributed by atoms with E-state index in [0.717, 1.165) is 31.4 Å². The minimum Gasteiger partial charge on any atom is -0.465 e. The molecule has 0 amide bonds. The van der Waals surface area contributed by atoms with Crippen LogP contribution in [0.3, 0.4) is 0 Å². The molecule has 0 saturated heterocycles. The second-order valence-corrected chi connectivity index (χ2v) is 7.34. The Labute approximate surface area is 164 Å². The van der Waals surface area contributed by atoms with Crippen molar-refractivity contribution >= 4 is 34.1 Å². The van der Waals surface area contributed by atoms with E-state index in [1.54, 1.807) is 0 Å². The maximum absolute atomic E-state index is 14.1. The van der Waals surface area contributed by atoms with Crippen LogP contribution in [0.25, 0.3) is 0 Å². The van der Waals surface area contributed by atoms with E-state index in [4.69, 9.17) is 11.6 Å². The largest absolute Gasteiger partial charge is 0.465 e. The van der Waals surface area contributed by atoms with Gasteiger partial charge in [-0.1, -0.05) is 17.7 Å². The molecule has 0 radical (unpaired) electrons. The summed E-state index contributed by atoms with van der Waals surface area (Å²) in [6.07, 6.45) is -4.69. The molecule has 11 heteroatoms. The summed E-state index contributed by atoms with van der Waals surface area (Å²) >= 11 is 5.71. The third kappa shape index (κ3) is 5.65. The van der Waals surface area contributed by atoms with Gasteiger partial charge in [0.05, 0.1) is 39.1 Å². The monoisotopic (exact) mass is 441 g/mol. The Bertz CT molecular complexity index is 920. The zero-order valence-corrected chi connectivity index (χ0v) is 15.8. The number of hydrogen-bond acceptors (Lipinski definition) is 4. The summed E-state index contributed by atoms with van der Waals surface area (Å²) in [5.41, 5.74) is -0.138. The molecule has 0 aromatic heterocycles. The lowest BCUT2D eigenvalue weighted by Crippen LogP contribution is -2.19. The molecule has 0 bridgehead atoms. The molecule has 4 nitrogen and oxygen atoms in total. The average Bonchev–Trinajstić information content (AvgIpc) is 2.59. The topological polar surface area (TPSA) is 55.4 Å². The van der Waals surface area contributed by atoms with Crippen molar-refractivity contribution in [2.45, 2.75) is 17.6 Å². The Balaban J connectivity index is 2.29. The van der Waals surface area contributed by atoms with Crippen LogP contribution < -0.4 is 5.32 Å². The summed E-state index contributed by atoms with van der Waals surface area (Å²) in [6.45, 7) is -0.186. The van der Waals surface area contributed by atoms with Crippen LogP contribution >= 0.6 is 11.6 Å². The van der Waals surface area contributed by atoms with E-state index in [1.165, 1.54) is 6.07 Å². The molecule has 28 heavy (non-hydrogen) atoms. The van der Waals surface area contributed by atoms with Crippen LogP contribution in [0.5, 0.6) is 0 Å². The minimum atomic E-state index is -4.69. The van der Waals surface area contributed by atoms with Crippen LogP contribution in [0.2, 0.25) is 5.02 Å². The standard InChI is InChI=1S/C17H13ClF5NO3S/c1-27-16(25)11-4-10(19)3-2-9(11)7-24-14-6-15(12(18)5-13(14)20)28(26)8-17(21,22)23/h2-6,24H,7-8H2,1H3. The Morgan fingerprint density at radius 2 is 1.89 bits per heavy atom. The van der Waals surface area contributed by atoms with Gasteiger partial charge in [0.2, 0.25) is 0 Å². The lowest BCUT2D eigenvalue weighted by molar-refractivity contribution is -0.105. The number of ether oxygens (including phenoxy) is 1. The molecule has 0 saturated carbocycles. The zero-order chi connectivity index (χ0) is 21.1. The number of carbonyl (C=O) groups is 1. The molecule has 2 aromatic rings. The molecule has 2 rings (SSSR count).